The van der Waals surface area contributed by atoms with Crippen LogP contribution in [0.4, 0.5) is 13.2 Å². The number of rotatable bonds is 3. The lowest BCUT2D eigenvalue weighted by Crippen LogP contribution is -2.28. The molecule has 150 valence electrons. The zero-order chi connectivity index (χ0) is 20.8. The summed E-state index contributed by atoms with van der Waals surface area (Å²) >= 11 is 0. The third-order valence-electron chi connectivity index (χ3n) is 5.20. The van der Waals surface area contributed by atoms with Gasteiger partial charge in [0.1, 0.15) is 0 Å². The fourth-order valence-corrected chi connectivity index (χ4v) is 3.65. The zero-order valence-electron chi connectivity index (χ0n) is 15.1. The summed E-state index contributed by atoms with van der Waals surface area (Å²) in [5.74, 6) is -0.633. The lowest BCUT2D eigenvalue weighted by molar-refractivity contribution is -0.137. The summed E-state index contributed by atoms with van der Waals surface area (Å²) in [5, 5.41) is 12.9. The number of nitrogens with one attached hydrogen (secondary N) is 2. The number of amides is 1. The van der Waals surface area contributed by atoms with Crippen molar-refractivity contribution >= 4 is 16.7 Å². The molecule has 5 nitrogen and oxygen atoms in total. The van der Waals surface area contributed by atoms with Crippen molar-refractivity contribution in [3.63, 3.8) is 0 Å². The number of aromatic nitrogens is 1. The SMILES string of the molecule is O=C1NC(CO)C[C@@H]1c1ccc2cc(-c3ccc(C(F)(F)F)cc3)[nH]c(=O)c2c1. The monoisotopic (exact) mass is 402 g/mol. The summed E-state index contributed by atoms with van der Waals surface area (Å²) in [4.78, 5) is 27.4. The smallest absolute Gasteiger partial charge is 0.394 e. The molecule has 1 saturated heterocycles. The van der Waals surface area contributed by atoms with Crippen LogP contribution in [0.2, 0.25) is 0 Å². The highest BCUT2D eigenvalue weighted by Gasteiger charge is 2.33. The Labute approximate surface area is 163 Å². The van der Waals surface area contributed by atoms with E-state index >= 15 is 0 Å². The number of halogens is 3. The van der Waals surface area contributed by atoms with Gasteiger partial charge < -0.3 is 15.4 Å². The van der Waals surface area contributed by atoms with Gasteiger partial charge >= 0.3 is 6.18 Å². The second-order valence-electron chi connectivity index (χ2n) is 7.11. The van der Waals surface area contributed by atoms with E-state index < -0.39 is 23.2 Å². The Morgan fingerprint density at radius 1 is 1.03 bits per heavy atom. The van der Waals surface area contributed by atoms with Crippen molar-refractivity contribution in [1.82, 2.24) is 10.3 Å². The minimum atomic E-state index is -4.42. The molecule has 1 unspecified atom stereocenters. The maximum absolute atomic E-state index is 12.7. The molecule has 0 radical (unpaired) electrons. The van der Waals surface area contributed by atoms with E-state index in [4.69, 9.17) is 0 Å². The minimum Gasteiger partial charge on any atom is -0.394 e. The number of hydrogen-bond acceptors (Lipinski definition) is 3. The number of aromatic amines is 1. The molecule has 1 amide bonds. The third kappa shape index (κ3) is 3.63. The molecule has 0 spiro atoms. The second kappa shape index (κ2) is 7.04. The van der Waals surface area contributed by atoms with Gasteiger partial charge in [-0.05, 0) is 47.2 Å². The topological polar surface area (TPSA) is 82.2 Å². The molecule has 3 N–H and O–H groups in total. The molecular weight excluding hydrogens is 385 g/mol. The van der Waals surface area contributed by atoms with E-state index in [-0.39, 0.29) is 18.6 Å². The average molecular weight is 402 g/mol. The Kier molecular flexibility index (Phi) is 4.66. The first kappa shape index (κ1) is 19.2. The molecule has 1 aliphatic heterocycles. The summed E-state index contributed by atoms with van der Waals surface area (Å²) < 4.78 is 38.2. The van der Waals surface area contributed by atoms with E-state index in [2.05, 4.69) is 10.3 Å². The van der Waals surface area contributed by atoms with Crippen LogP contribution in [0.3, 0.4) is 0 Å². The fraction of sp³-hybridized carbons (Fsp3) is 0.238. The Morgan fingerprint density at radius 3 is 2.38 bits per heavy atom. The van der Waals surface area contributed by atoms with Gasteiger partial charge in [0, 0.05) is 11.1 Å². The van der Waals surface area contributed by atoms with Crippen molar-refractivity contribution in [2.75, 3.05) is 6.61 Å². The highest BCUT2D eigenvalue weighted by atomic mass is 19.4. The van der Waals surface area contributed by atoms with E-state index in [1.807, 2.05) is 0 Å². The van der Waals surface area contributed by atoms with Gasteiger partial charge in [-0.3, -0.25) is 9.59 Å². The molecule has 1 fully saturated rings. The average Bonchev–Trinajstić information content (AvgIpc) is 3.08. The number of hydrogen-bond donors (Lipinski definition) is 3. The molecule has 0 aliphatic carbocycles. The first-order valence-electron chi connectivity index (χ1n) is 9.02. The minimum absolute atomic E-state index is 0.146. The van der Waals surface area contributed by atoms with E-state index in [1.54, 1.807) is 24.3 Å². The van der Waals surface area contributed by atoms with Gasteiger partial charge in [-0.1, -0.05) is 24.3 Å². The van der Waals surface area contributed by atoms with Crippen LogP contribution in [-0.2, 0) is 11.0 Å². The van der Waals surface area contributed by atoms with Crippen molar-refractivity contribution in [2.45, 2.75) is 24.6 Å². The van der Waals surface area contributed by atoms with E-state index in [9.17, 15) is 27.9 Å². The molecule has 3 aromatic rings. The molecular formula is C21H17F3N2O3. The first-order valence-corrected chi connectivity index (χ1v) is 9.02. The largest absolute Gasteiger partial charge is 0.416 e. The van der Waals surface area contributed by atoms with Crippen LogP contribution in [0.25, 0.3) is 22.0 Å². The number of carbonyl (C=O) groups excluding carboxylic acids is 1. The normalized spacial score (nSPS) is 19.5. The number of H-pyrrole nitrogens is 1. The Hall–Kier alpha value is -3.13. The quantitative estimate of drug-likeness (QED) is 0.629. The lowest BCUT2D eigenvalue weighted by Gasteiger charge is -2.11. The molecule has 0 saturated carbocycles. The van der Waals surface area contributed by atoms with E-state index in [0.29, 0.717) is 34.0 Å². The summed E-state index contributed by atoms with van der Waals surface area (Å²) in [6.45, 7) is -0.146. The molecule has 1 aliphatic rings. The molecule has 0 bridgehead atoms. The summed E-state index contributed by atoms with van der Waals surface area (Å²) in [5.41, 5.74) is 0.394. The van der Waals surface area contributed by atoms with Crippen molar-refractivity contribution in [1.29, 1.82) is 0 Å². The van der Waals surface area contributed by atoms with Gasteiger partial charge in [-0.15, -0.1) is 0 Å². The number of aliphatic hydroxyl groups is 1. The molecule has 1 aromatic heterocycles. The second-order valence-corrected chi connectivity index (χ2v) is 7.11. The Balaban J connectivity index is 1.70. The number of fused-ring (bicyclic) bond motifs is 1. The van der Waals surface area contributed by atoms with Crippen molar-refractivity contribution in [3.8, 4) is 11.3 Å². The molecule has 29 heavy (non-hydrogen) atoms. The van der Waals surface area contributed by atoms with Gasteiger partial charge in [-0.2, -0.15) is 13.2 Å². The van der Waals surface area contributed by atoms with Crippen molar-refractivity contribution in [3.05, 3.63) is 70.0 Å². The lowest BCUT2D eigenvalue weighted by atomic mass is 9.93. The first-order chi connectivity index (χ1) is 13.8. The molecule has 4 rings (SSSR count). The Morgan fingerprint density at radius 2 is 1.76 bits per heavy atom. The van der Waals surface area contributed by atoms with Crippen molar-refractivity contribution in [2.24, 2.45) is 0 Å². The predicted molar refractivity (Wildman–Crippen MR) is 101 cm³/mol. The van der Waals surface area contributed by atoms with Crippen LogP contribution < -0.4 is 10.9 Å². The molecule has 2 atom stereocenters. The highest BCUT2D eigenvalue weighted by molar-refractivity contribution is 5.90. The predicted octanol–water partition coefficient (Wildman–Crippen LogP) is 3.18. The maximum atomic E-state index is 12.7. The zero-order valence-corrected chi connectivity index (χ0v) is 15.1. The van der Waals surface area contributed by atoms with E-state index in [1.165, 1.54) is 12.1 Å². The highest BCUT2D eigenvalue weighted by Crippen LogP contribution is 2.32. The summed E-state index contributed by atoms with van der Waals surface area (Å²) in [6.07, 6.45) is -3.98. The molecule has 8 heteroatoms. The van der Waals surface area contributed by atoms with Gasteiger partial charge in [0.2, 0.25) is 5.91 Å². The van der Waals surface area contributed by atoms with Crippen LogP contribution in [0.5, 0.6) is 0 Å². The Bertz CT molecular complexity index is 1140. The molecule has 2 heterocycles. The van der Waals surface area contributed by atoms with Crippen LogP contribution in [0, 0.1) is 0 Å². The maximum Gasteiger partial charge on any atom is 0.416 e. The van der Waals surface area contributed by atoms with Crippen molar-refractivity contribution < 1.29 is 23.1 Å². The number of pyridine rings is 1. The van der Waals surface area contributed by atoms with E-state index in [0.717, 1.165) is 12.1 Å². The number of alkyl halides is 3. The number of aliphatic hydroxyl groups excluding tert-OH is 1. The molecule has 2 aromatic carbocycles. The summed E-state index contributed by atoms with van der Waals surface area (Å²) in [7, 11) is 0. The summed E-state index contributed by atoms with van der Waals surface area (Å²) in [6, 6.07) is 11.1. The standard InChI is InChI=1S/C21H17F3N2O3/c22-21(23,24)14-5-3-11(4-6-14)18-8-13-2-1-12(7-16(13)20(29)26-18)17-9-15(10-27)25-19(17)28/h1-8,15,17,27H,9-10H2,(H,25,28)(H,26,29)/t15?,17-/m1/s1. The third-order valence-corrected chi connectivity index (χ3v) is 5.20. The number of carbonyl (C=O) groups is 1. The number of benzene rings is 2. The van der Waals surface area contributed by atoms with Gasteiger partial charge in [0.25, 0.3) is 5.56 Å². The van der Waals surface area contributed by atoms with Crippen LogP contribution in [-0.4, -0.2) is 28.6 Å². The van der Waals surface area contributed by atoms with Gasteiger partial charge in [-0.25, -0.2) is 0 Å². The fourth-order valence-electron chi connectivity index (χ4n) is 3.65. The van der Waals surface area contributed by atoms with Gasteiger partial charge in [0.05, 0.1) is 24.1 Å². The van der Waals surface area contributed by atoms with Crippen LogP contribution >= 0.6 is 0 Å². The van der Waals surface area contributed by atoms with Crippen LogP contribution in [0.15, 0.2) is 53.3 Å². The van der Waals surface area contributed by atoms with Gasteiger partial charge in [0.15, 0.2) is 0 Å². The van der Waals surface area contributed by atoms with Crippen LogP contribution in [0.1, 0.15) is 23.5 Å².